The second kappa shape index (κ2) is 6.84. The van der Waals surface area contributed by atoms with Crippen molar-refractivity contribution >= 4 is 10.0 Å². The van der Waals surface area contributed by atoms with Gasteiger partial charge >= 0.3 is 0 Å². The number of sulfonamides is 1. The van der Waals surface area contributed by atoms with Crippen LogP contribution in [0.4, 0.5) is 4.39 Å². The lowest BCUT2D eigenvalue weighted by molar-refractivity contribution is -0.111. The molecular formula is C16H23FN2O3S. The second-order valence-electron chi connectivity index (χ2n) is 6.34. The van der Waals surface area contributed by atoms with Crippen molar-refractivity contribution in [2.75, 3.05) is 13.7 Å². The van der Waals surface area contributed by atoms with Crippen LogP contribution in [0.2, 0.25) is 0 Å². The second-order valence-corrected chi connectivity index (χ2v) is 8.28. The normalized spacial score (nSPS) is 27.4. The van der Waals surface area contributed by atoms with Crippen molar-refractivity contribution in [2.45, 2.75) is 49.4 Å². The minimum absolute atomic E-state index is 0.0130. The van der Waals surface area contributed by atoms with Gasteiger partial charge in [0, 0.05) is 18.7 Å². The number of nitrogens with zero attached hydrogens (tertiary/aromatic N) is 1. The number of nitrogens with one attached hydrogen (secondary N) is 1. The lowest BCUT2D eigenvalue weighted by atomic mass is 9.96. The summed E-state index contributed by atoms with van der Waals surface area (Å²) in [5, 5.41) is 0.634. The van der Waals surface area contributed by atoms with Gasteiger partial charge in [0.25, 0.3) is 0 Å². The Morgan fingerprint density at radius 3 is 2.61 bits per heavy atom. The summed E-state index contributed by atoms with van der Waals surface area (Å²) in [5.74, 6) is -0.410. The number of hydrogen-bond donors (Lipinski definition) is 1. The van der Waals surface area contributed by atoms with Gasteiger partial charge < -0.3 is 0 Å². The summed E-state index contributed by atoms with van der Waals surface area (Å²) in [4.78, 5) is 5.41. The average Bonchev–Trinajstić information content (AvgIpc) is 2.91. The maximum absolute atomic E-state index is 14.1. The van der Waals surface area contributed by atoms with Crippen molar-refractivity contribution in [3.05, 3.63) is 35.6 Å². The fraction of sp³-hybridized carbons (Fsp3) is 0.625. The van der Waals surface area contributed by atoms with E-state index in [0.717, 1.165) is 32.1 Å². The first kappa shape index (κ1) is 16.8. The molecule has 23 heavy (non-hydrogen) atoms. The first-order valence-electron chi connectivity index (χ1n) is 8.10. The molecule has 1 aromatic carbocycles. The lowest BCUT2D eigenvalue weighted by Crippen LogP contribution is -2.44. The van der Waals surface area contributed by atoms with E-state index in [-0.39, 0.29) is 12.6 Å². The average molecular weight is 342 g/mol. The molecule has 1 aliphatic heterocycles. The van der Waals surface area contributed by atoms with Crippen LogP contribution in [-0.2, 0) is 14.9 Å². The van der Waals surface area contributed by atoms with Crippen molar-refractivity contribution in [1.29, 1.82) is 0 Å². The topological polar surface area (TPSA) is 58.6 Å². The Kier molecular flexibility index (Phi) is 5.01. The number of rotatable bonds is 4. The zero-order chi connectivity index (χ0) is 16.4. The molecule has 3 rings (SSSR count). The third-order valence-electron chi connectivity index (χ3n) is 4.74. The fourth-order valence-electron chi connectivity index (χ4n) is 3.51. The van der Waals surface area contributed by atoms with E-state index in [1.165, 1.54) is 11.1 Å². The summed E-state index contributed by atoms with van der Waals surface area (Å²) in [6.45, 7) is 0.0392. The molecule has 0 bridgehead atoms. The Balaban J connectivity index is 1.83. The van der Waals surface area contributed by atoms with Crippen LogP contribution in [0.25, 0.3) is 0 Å². The van der Waals surface area contributed by atoms with E-state index < -0.39 is 27.1 Å². The molecule has 7 heteroatoms. The van der Waals surface area contributed by atoms with Crippen LogP contribution >= 0.6 is 0 Å². The van der Waals surface area contributed by atoms with Crippen LogP contribution in [0.5, 0.6) is 0 Å². The van der Waals surface area contributed by atoms with Crippen LogP contribution in [0, 0.1) is 5.82 Å². The standard InChI is InChI=1S/C16H23FN2O3S/c1-19-16(13-9-5-6-10-14(13)17)15(11-22-19)23(20,21)18-12-7-3-2-4-8-12/h5-6,9-10,12,15-16,18H,2-4,7-8,11H2,1H3/t15-,16-/m1/s1. The quantitative estimate of drug-likeness (QED) is 0.913. The largest absolute Gasteiger partial charge is 0.297 e. The minimum atomic E-state index is -3.59. The van der Waals surface area contributed by atoms with Crippen LogP contribution in [0.3, 0.4) is 0 Å². The smallest absolute Gasteiger partial charge is 0.219 e. The molecule has 1 aliphatic carbocycles. The van der Waals surface area contributed by atoms with Crippen LogP contribution in [0.1, 0.15) is 43.7 Å². The molecule has 0 unspecified atom stereocenters. The van der Waals surface area contributed by atoms with E-state index in [1.54, 1.807) is 25.2 Å². The minimum Gasteiger partial charge on any atom is -0.297 e. The van der Waals surface area contributed by atoms with E-state index in [2.05, 4.69) is 4.72 Å². The lowest BCUT2D eigenvalue weighted by Gasteiger charge is -2.27. The van der Waals surface area contributed by atoms with Crippen LogP contribution in [-0.4, -0.2) is 38.4 Å². The van der Waals surface area contributed by atoms with Gasteiger partial charge in [-0.1, -0.05) is 37.5 Å². The predicted octanol–water partition coefficient (Wildman–Crippen LogP) is 2.36. The Morgan fingerprint density at radius 1 is 1.22 bits per heavy atom. The highest BCUT2D eigenvalue weighted by Crippen LogP contribution is 2.35. The number of benzene rings is 1. The molecule has 0 aromatic heterocycles. The summed E-state index contributed by atoms with van der Waals surface area (Å²) in [6.07, 6.45) is 4.99. The molecule has 128 valence electrons. The van der Waals surface area contributed by atoms with Crippen molar-refractivity contribution in [1.82, 2.24) is 9.79 Å². The number of hydroxylamine groups is 2. The van der Waals surface area contributed by atoms with E-state index in [9.17, 15) is 12.8 Å². The third kappa shape index (κ3) is 3.57. The van der Waals surface area contributed by atoms with Gasteiger partial charge in [0.05, 0.1) is 12.6 Å². The van der Waals surface area contributed by atoms with Crippen molar-refractivity contribution < 1.29 is 17.6 Å². The molecule has 1 heterocycles. The zero-order valence-corrected chi connectivity index (χ0v) is 14.1. The first-order chi connectivity index (χ1) is 11.0. The Labute approximate surface area is 136 Å². The molecule has 0 spiro atoms. The summed E-state index contributed by atoms with van der Waals surface area (Å²) in [5.41, 5.74) is 0.353. The van der Waals surface area contributed by atoms with Gasteiger partial charge in [-0.05, 0) is 18.9 Å². The first-order valence-corrected chi connectivity index (χ1v) is 9.65. The molecule has 0 amide bonds. The van der Waals surface area contributed by atoms with Crippen LogP contribution < -0.4 is 4.72 Å². The zero-order valence-electron chi connectivity index (χ0n) is 13.2. The molecule has 1 saturated heterocycles. The maximum atomic E-state index is 14.1. The van der Waals surface area contributed by atoms with Crippen molar-refractivity contribution in [3.8, 4) is 0 Å². The summed E-state index contributed by atoms with van der Waals surface area (Å²) in [7, 11) is -1.94. The molecule has 1 aromatic rings. The molecule has 2 aliphatic rings. The summed E-state index contributed by atoms with van der Waals surface area (Å²) >= 11 is 0. The Morgan fingerprint density at radius 2 is 1.91 bits per heavy atom. The maximum Gasteiger partial charge on any atom is 0.219 e. The molecule has 5 nitrogen and oxygen atoms in total. The molecular weight excluding hydrogens is 319 g/mol. The molecule has 0 radical (unpaired) electrons. The van der Waals surface area contributed by atoms with Gasteiger partial charge in [-0.2, -0.15) is 5.06 Å². The van der Waals surface area contributed by atoms with Crippen molar-refractivity contribution in [3.63, 3.8) is 0 Å². The van der Waals surface area contributed by atoms with Gasteiger partial charge in [0.15, 0.2) is 0 Å². The third-order valence-corrected chi connectivity index (χ3v) is 6.60. The van der Waals surface area contributed by atoms with Crippen molar-refractivity contribution in [2.24, 2.45) is 0 Å². The highest BCUT2D eigenvalue weighted by atomic mass is 32.2. The summed E-state index contributed by atoms with van der Waals surface area (Å²) < 4.78 is 42.6. The monoisotopic (exact) mass is 342 g/mol. The van der Waals surface area contributed by atoms with Gasteiger partial charge in [-0.15, -0.1) is 0 Å². The highest BCUT2D eigenvalue weighted by molar-refractivity contribution is 7.90. The molecule has 1 saturated carbocycles. The number of hydrogen-bond acceptors (Lipinski definition) is 4. The summed E-state index contributed by atoms with van der Waals surface area (Å²) in [6, 6.07) is 5.62. The fourth-order valence-corrected chi connectivity index (χ4v) is 5.28. The number of halogens is 1. The predicted molar refractivity (Wildman–Crippen MR) is 85.6 cm³/mol. The highest BCUT2D eigenvalue weighted by Gasteiger charge is 2.44. The SMILES string of the molecule is CN1OC[C@@H](S(=O)(=O)NC2CCCCC2)[C@H]1c1ccccc1F. The van der Waals surface area contributed by atoms with Crippen LogP contribution in [0.15, 0.2) is 24.3 Å². The van der Waals surface area contributed by atoms with E-state index in [1.807, 2.05) is 0 Å². The molecule has 2 atom stereocenters. The van der Waals surface area contributed by atoms with E-state index in [0.29, 0.717) is 5.56 Å². The molecule has 1 N–H and O–H groups in total. The van der Waals surface area contributed by atoms with E-state index >= 15 is 0 Å². The Bertz CT molecular complexity index is 646. The molecule has 2 fully saturated rings. The van der Waals surface area contributed by atoms with Gasteiger partial charge in [0.1, 0.15) is 11.1 Å². The Hall–Kier alpha value is -1.02. The van der Waals surface area contributed by atoms with E-state index in [4.69, 9.17) is 4.84 Å². The van der Waals surface area contributed by atoms with Gasteiger partial charge in [-0.3, -0.25) is 4.84 Å². The van der Waals surface area contributed by atoms with Gasteiger partial charge in [-0.25, -0.2) is 17.5 Å². The van der Waals surface area contributed by atoms with Gasteiger partial charge in [0.2, 0.25) is 10.0 Å².